The molecule has 338 valence electrons. The van der Waals surface area contributed by atoms with E-state index in [0.717, 1.165) is 128 Å². The zero-order chi connectivity index (χ0) is 45.0. The molecule has 0 saturated carbocycles. The van der Waals surface area contributed by atoms with E-state index in [1.807, 2.05) is 0 Å². The monoisotopic (exact) mass is 862 g/mol. The molecule has 3 aromatic carbocycles. The number of hydrogen-bond donors (Lipinski definition) is 0. The molecule has 0 heterocycles. The summed E-state index contributed by atoms with van der Waals surface area (Å²) >= 11 is 0. The highest BCUT2D eigenvalue weighted by atomic mass is 19.2. The van der Waals surface area contributed by atoms with E-state index in [1.54, 1.807) is 38.1 Å². The van der Waals surface area contributed by atoms with Gasteiger partial charge in [-0.3, -0.25) is 0 Å². The fourth-order valence-corrected chi connectivity index (χ4v) is 6.20. The standard InChI is InChI=1S/C50H64F2O10/c1-37(2)47(53)59-35-21-17-13-9-5-7-11-15-19-33-57-41-27-23-39(24-28-41)49(55)61-43-31-32-44(46(52)45(43)51)62-50(56)40-25-29-42(30-26-40)58-34-20-16-12-8-6-10-14-18-22-36-60-48(54)38(3)4/h23-32H,1,3,5-22,33-36H2,2,4H3. The second-order valence-electron chi connectivity index (χ2n) is 15.4. The highest BCUT2D eigenvalue weighted by Gasteiger charge is 2.21. The number of rotatable bonds is 32. The Morgan fingerprint density at radius 2 is 0.694 bits per heavy atom. The Balaban J connectivity index is 1.26. The Labute approximate surface area is 366 Å². The van der Waals surface area contributed by atoms with E-state index in [4.69, 9.17) is 28.4 Å². The second kappa shape index (κ2) is 29.7. The third-order valence-electron chi connectivity index (χ3n) is 9.87. The van der Waals surface area contributed by atoms with Crippen molar-refractivity contribution < 1.29 is 56.4 Å². The highest BCUT2D eigenvalue weighted by Crippen LogP contribution is 2.29. The fraction of sp³-hybridized carbons (Fsp3) is 0.480. The Morgan fingerprint density at radius 1 is 0.419 bits per heavy atom. The molecule has 0 saturated heterocycles. The first kappa shape index (κ1) is 50.8. The van der Waals surface area contributed by atoms with E-state index in [-0.39, 0.29) is 23.1 Å². The normalized spacial score (nSPS) is 10.8. The molecular formula is C50H64F2O10. The van der Waals surface area contributed by atoms with Crippen LogP contribution >= 0.6 is 0 Å². The van der Waals surface area contributed by atoms with Gasteiger partial charge in [0.05, 0.1) is 37.6 Å². The molecule has 3 aromatic rings. The molecule has 0 aromatic heterocycles. The third kappa shape index (κ3) is 20.4. The predicted octanol–water partition coefficient (Wildman–Crippen LogP) is 12.4. The smallest absolute Gasteiger partial charge is 0.343 e. The van der Waals surface area contributed by atoms with Crippen molar-refractivity contribution in [3.05, 3.63) is 108 Å². The van der Waals surface area contributed by atoms with E-state index in [1.165, 1.54) is 24.3 Å². The van der Waals surface area contributed by atoms with Crippen molar-refractivity contribution in [2.24, 2.45) is 0 Å². The van der Waals surface area contributed by atoms with Gasteiger partial charge in [0.15, 0.2) is 11.5 Å². The molecule has 10 nitrogen and oxygen atoms in total. The number of halogens is 2. The van der Waals surface area contributed by atoms with Crippen LogP contribution < -0.4 is 18.9 Å². The molecule has 0 atom stereocenters. The van der Waals surface area contributed by atoms with E-state index >= 15 is 0 Å². The molecule has 0 unspecified atom stereocenters. The van der Waals surface area contributed by atoms with Gasteiger partial charge in [0.2, 0.25) is 11.6 Å². The number of benzene rings is 3. The number of hydrogen-bond acceptors (Lipinski definition) is 10. The molecule has 0 radical (unpaired) electrons. The van der Waals surface area contributed by atoms with Crippen LogP contribution in [0.2, 0.25) is 0 Å². The molecule has 0 amide bonds. The van der Waals surface area contributed by atoms with Crippen LogP contribution in [0.25, 0.3) is 0 Å². The number of unbranched alkanes of at least 4 members (excludes halogenated alkanes) is 16. The van der Waals surface area contributed by atoms with Crippen molar-refractivity contribution >= 4 is 23.9 Å². The largest absolute Gasteiger partial charge is 0.494 e. The summed E-state index contributed by atoms with van der Waals surface area (Å²) in [4.78, 5) is 48.1. The van der Waals surface area contributed by atoms with Crippen molar-refractivity contribution in [2.75, 3.05) is 26.4 Å². The van der Waals surface area contributed by atoms with Crippen LogP contribution in [0.1, 0.15) is 150 Å². The Morgan fingerprint density at radius 3 is 0.984 bits per heavy atom. The van der Waals surface area contributed by atoms with Gasteiger partial charge in [-0.1, -0.05) is 103 Å². The van der Waals surface area contributed by atoms with Gasteiger partial charge >= 0.3 is 23.9 Å². The summed E-state index contributed by atoms with van der Waals surface area (Å²) in [7, 11) is 0. The molecule has 0 N–H and O–H groups in total. The molecule has 0 bridgehead atoms. The summed E-state index contributed by atoms with van der Waals surface area (Å²) in [5, 5.41) is 0. The minimum absolute atomic E-state index is 0.115. The van der Waals surface area contributed by atoms with Crippen LogP contribution in [0.3, 0.4) is 0 Å². The van der Waals surface area contributed by atoms with Gasteiger partial charge in [0, 0.05) is 11.1 Å². The first-order valence-corrected chi connectivity index (χ1v) is 22.0. The van der Waals surface area contributed by atoms with Crippen molar-refractivity contribution in [3.63, 3.8) is 0 Å². The minimum atomic E-state index is -1.47. The maximum absolute atomic E-state index is 14.9. The van der Waals surface area contributed by atoms with Crippen LogP contribution in [-0.4, -0.2) is 50.3 Å². The molecule has 0 fully saturated rings. The molecule has 0 aliphatic rings. The quantitative estimate of drug-likeness (QED) is 0.0259. The third-order valence-corrected chi connectivity index (χ3v) is 9.87. The van der Waals surface area contributed by atoms with Gasteiger partial charge in [-0.05, 0) is 100 Å². The number of ether oxygens (including phenoxy) is 6. The predicted molar refractivity (Wildman–Crippen MR) is 235 cm³/mol. The van der Waals surface area contributed by atoms with Crippen LogP contribution in [0.4, 0.5) is 8.78 Å². The van der Waals surface area contributed by atoms with Crippen LogP contribution in [0.15, 0.2) is 85.0 Å². The van der Waals surface area contributed by atoms with Gasteiger partial charge in [0.1, 0.15) is 11.5 Å². The Kier molecular flexibility index (Phi) is 24.3. The lowest BCUT2D eigenvalue weighted by molar-refractivity contribution is -0.139. The van der Waals surface area contributed by atoms with Gasteiger partial charge in [0.25, 0.3) is 0 Å². The van der Waals surface area contributed by atoms with Crippen LogP contribution in [0, 0.1) is 11.6 Å². The maximum atomic E-state index is 14.9. The lowest BCUT2D eigenvalue weighted by Crippen LogP contribution is -2.12. The molecule has 0 aliphatic heterocycles. The van der Waals surface area contributed by atoms with E-state index in [9.17, 15) is 28.0 Å². The van der Waals surface area contributed by atoms with Gasteiger partial charge in [-0.15, -0.1) is 0 Å². The Hall–Kier alpha value is -5.52. The highest BCUT2D eigenvalue weighted by molar-refractivity contribution is 5.92. The first-order valence-electron chi connectivity index (χ1n) is 22.0. The van der Waals surface area contributed by atoms with E-state index in [2.05, 4.69) is 13.2 Å². The summed E-state index contributed by atoms with van der Waals surface area (Å²) in [6.45, 7) is 12.4. The average Bonchev–Trinajstić information content (AvgIpc) is 3.26. The zero-order valence-corrected chi connectivity index (χ0v) is 36.6. The number of carbonyl (C=O) groups is 4. The van der Waals surface area contributed by atoms with Crippen molar-refractivity contribution in [2.45, 2.75) is 129 Å². The summed E-state index contributed by atoms with van der Waals surface area (Å²) in [6, 6.07) is 14.4. The van der Waals surface area contributed by atoms with Crippen LogP contribution in [0.5, 0.6) is 23.0 Å². The molecule has 3 rings (SSSR count). The number of esters is 4. The van der Waals surface area contributed by atoms with E-state index in [0.29, 0.717) is 49.1 Å². The van der Waals surface area contributed by atoms with Gasteiger partial charge < -0.3 is 28.4 Å². The maximum Gasteiger partial charge on any atom is 0.343 e. The molecular weight excluding hydrogens is 799 g/mol. The molecule has 12 heteroatoms. The zero-order valence-electron chi connectivity index (χ0n) is 36.6. The lowest BCUT2D eigenvalue weighted by Gasteiger charge is -2.11. The van der Waals surface area contributed by atoms with Crippen molar-refractivity contribution in [1.29, 1.82) is 0 Å². The topological polar surface area (TPSA) is 124 Å². The summed E-state index contributed by atoms with van der Waals surface area (Å²) < 4.78 is 61.9. The molecule has 62 heavy (non-hydrogen) atoms. The fourth-order valence-electron chi connectivity index (χ4n) is 6.20. The average molecular weight is 863 g/mol. The second-order valence-corrected chi connectivity index (χ2v) is 15.4. The van der Waals surface area contributed by atoms with Crippen molar-refractivity contribution in [3.8, 4) is 23.0 Å². The SMILES string of the molecule is C=C(C)C(=O)OCCCCCCCCCCCOc1ccc(C(=O)Oc2ccc(OC(=O)c3ccc(OCCCCCCCCCCCOC(=O)C(=C)C)cc3)c(F)c2F)cc1. The minimum Gasteiger partial charge on any atom is -0.494 e. The van der Waals surface area contributed by atoms with Gasteiger partial charge in [-0.2, -0.15) is 8.78 Å². The van der Waals surface area contributed by atoms with E-state index < -0.39 is 35.1 Å². The summed E-state index contributed by atoms with van der Waals surface area (Å²) in [5.41, 5.74) is 1.08. The molecule has 0 aliphatic carbocycles. The summed E-state index contributed by atoms with van der Waals surface area (Å²) in [5.74, 6) is -5.55. The molecule has 0 spiro atoms. The Bertz CT molecular complexity index is 1720. The number of carbonyl (C=O) groups excluding carboxylic acids is 4. The van der Waals surface area contributed by atoms with Crippen LogP contribution in [-0.2, 0) is 19.1 Å². The van der Waals surface area contributed by atoms with Crippen molar-refractivity contribution in [1.82, 2.24) is 0 Å². The van der Waals surface area contributed by atoms with Gasteiger partial charge in [-0.25, -0.2) is 19.2 Å². The first-order chi connectivity index (χ1) is 30.0. The summed E-state index contributed by atoms with van der Waals surface area (Å²) in [6.07, 6.45) is 19.1. The lowest BCUT2D eigenvalue weighted by atomic mass is 10.1.